The third-order valence-electron chi connectivity index (χ3n) is 2.55. The van der Waals surface area contributed by atoms with Gasteiger partial charge in [0.05, 0.1) is 11.4 Å². The number of nitrogen functional groups attached to an aromatic ring is 1. The fourth-order valence-electron chi connectivity index (χ4n) is 1.55. The van der Waals surface area contributed by atoms with Crippen LogP contribution in [0.3, 0.4) is 0 Å². The van der Waals surface area contributed by atoms with Crippen LogP contribution in [-0.4, -0.2) is 16.1 Å². The molecule has 4 N–H and O–H groups in total. The molecule has 2 rings (SSSR count). The topological polar surface area (TPSA) is 83.8 Å². The third-order valence-corrected chi connectivity index (χ3v) is 2.81. The molecule has 1 amide bonds. The van der Waals surface area contributed by atoms with E-state index in [0.29, 0.717) is 22.8 Å². The quantitative estimate of drug-likeness (QED) is 0.796. The summed E-state index contributed by atoms with van der Waals surface area (Å²) in [6, 6.07) is 6.82. The molecular weight excluding hydrogens is 252 g/mol. The normalized spacial score (nSPS) is 10.3. The molecule has 1 heterocycles. The van der Waals surface area contributed by atoms with Gasteiger partial charge in [-0.25, -0.2) is 0 Å². The number of carbonyl (C=O) groups is 1. The fraction of sp³-hybridized carbons (Fsp3) is 0.167. The van der Waals surface area contributed by atoms with Crippen molar-refractivity contribution in [2.24, 2.45) is 0 Å². The molecular formula is C12H13ClN4O. The summed E-state index contributed by atoms with van der Waals surface area (Å²) >= 11 is 5.76. The summed E-state index contributed by atoms with van der Waals surface area (Å²) in [6.07, 6.45) is 0.701. The van der Waals surface area contributed by atoms with Crippen molar-refractivity contribution in [2.45, 2.75) is 13.3 Å². The number of nitrogens with zero attached hydrogens (tertiary/aromatic N) is 1. The van der Waals surface area contributed by atoms with E-state index in [-0.39, 0.29) is 11.6 Å². The van der Waals surface area contributed by atoms with Gasteiger partial charge in [-0.1, -0.05) is 18.5 Å². The number of hydrogen-bond donors (Lipinski definition) is 3. The van der Waals surface area contributed by atoms with Crippen LogP contribution in [-0.2, 0) is 6.42 Å². The average molecular weight is 265 g/mol. The molecule has 0 saturated carbocycles. The molecule has 0 spiro atoms. The molecule has 0 radical (unpaired) electrons. The molecule has 1 aromatic carbocycles. The van der Waals surface area contributed by atoms with E-state index >= 15 is 0 Å². The molecule has 0 bridgehead atoms. The van der Waals surface area contributed by atoms with Crippen LogP contribution in [0.2, 0.25) is 5.02 Å². The Labute approximate surface area is 109 Å². The summed E-state index contributed by atoms with van der Waals surface area (Å²) < 4.78 is 0. The van der Waals surface area contributed by atoms with Crippen LogP contribution in [0.1, 0.15) is 23.1 Å². The second kappa shape index (κ2) is 5.10. The fourth-order valence-corrected chi connectivity index (χ4v) is 1.68. The zero-order valence-corrected chi connectivity index (χ0v) is 10.6. The molecule has 6 heteroatoms. The monoisotopic (exact) mass is 264 g/mol. The highest BCUT2D eigenvalue weighted by molar-refractivity contribution is 6.30. The molecule has 2 aromatic rings. The van der Waals surface area contributed by atoms with Crippen molar-refractivity contribution >= 4 is 28.9 Å². The van der Waals surface area contributed by atoms with Gasteiger partial charge in [0.1, 0.15) is 0 Å². The molecule has 1 aromatic heterocycles. The molecule has 18 heavy (non-hydrogen) atoms. The first-order valence-electron chi connectivity index (χ1n) is 5.51. The molecule has 0 atom stereocenters. The van der Waals surface area contributed by atoms with Crippen molar-refractivity contribution in [1.29, 1.82) is 0 Å². The number of rotatable bonds is 3. The maximum Gasteiger partial charge on any atom is 0.278 e. The van der Waals surface area contributed by atoms with Gasteiger partial charge in [-0.2, -0.15) is 5.10 Å². The minimum atomic E-state index is -0.342. The Kier molecular flexibility index (Phi) is 3.53. The number of H-pyrrole nitrogens is 1. The van der Waals surface area contributed by atoms with E-state index in [1.165, 1.54) is 0 Å². The zero-order chi connectivity index (χ0) is 13.1. The standard InChI is InChI=1S/C12H13ClN4O/c1-2-9-10(14)11(17-16-9)12(18)15-8-5-3-7(13)4-6-8/h3-6H,2,14H2,1H3,(H,15,18)(H,16,17). The van der Waals surface area contributed by atoms with Gasteiger partial charge < -0.3 is 11.1 Å². The first-order valence-corrected chi connectivity index (χ1v) is 5.89. The van der Waals surface area contributed by atoms with Crippen molar-refractivity contribution in [2.75, 3.05) is 11.1 Å². The van der Waals surface area contributed by atoms with E-state index in [0.717, 1.165) is 5.69 Å². The first-order chi connectivity index (χ1) is 8.61. The van der Waals surface area contributed by atoms with Gasteiger partial charge >= 0.3 is 0 Å². The number of carbonyl (C=O) groups excluding carboxylic acids is 1. The lowest BCUT2D eigenvalue weighted by Crippen LogP contribution is -2.14. The number of aromatic amines is 1. The number of nitrogens with one attached hydrogen (secondary N) is 2. The predicted octanol–water partition coefficient (Wildman–Crippen LogP) is 2.46. The number of nitrogens with two attached hydrogens (primary N) is 1. The Hall–Kier alpha value is -2.01. The number of aromatic nitrogens is 2. The smallest absolute Gasteiger partial charge is 0.278 e. The number of benzene rings is 1. The maximum absolute atomic E-state index is 11.9. The van der Waals surface area contributed by atoms with E-state index in [9.17, 15) is 4.79 Å². The zero-order valence-electron chi connectivity index (χ0n) is 9.83. The molecule has 0 saturated heterocycles. The van der Waals surface area contributed by atoms with E-state index < -0.39 is 0 Å². The Morgan fingerprint density at radius 2 is 2.11 bits per heavy atom. The van der Waals surface area contributed by atoms with E-state index in [1.54, 1.807) is 24.3 Å². The summed E-state index contributed by atoms with van der Waals surface area (Å²) in [4.78, 5) is 11.9. The van der Waals surface area contributed by atoms with Gasteiger partial charge in [-0.15, -0.1) is 0 Å². The SMILES string of the molecule is CCc1[nH]nc(C(=O)Nc2ccc(Cl)cc2)c1N. The Bertz CT molecular complexity index is 562. The van der Waals surface area contributed by atoms with Gasteiger partial charge in [0.15, 0.2) is 5.69 Å². The minimum Gasteiger partial charge on any atom is -0.395 e. The van der Waals surface area contributed by atoms with Crippen LogP contribution in [0.4, 0.5) is 11.4 Å². The van der Waals surface area contributed by atoms with Crippen LogP contribution in [0.25, 0.3) is 0 Å². The number of hydrogen-bond acceptors (Lipinski definition) is 3. The van der Waals surface area contributed by atoms with Crippen molar-refractivity contribution < 1.29 is 4.79 Å². The van der Waals surface area contributed by atoms with Gasteiger partial charge in [0.25, 0.3) is 5.91 Å². The highest BCUT2D eigenvalue weighted by atomic mass is 35.5. The summed E-state index contributed by atoms with van der Waals surface area (Å²) in [5, 5.41) is 9.97. The van der Waals surface area contributed by atoms with Crippen LogP contribution >= 0.6 is 11.6 Å². The molecule has 94 valence electrons. The molecule has 0 fully saturated rings. The number of amides is 1. The van der Waals surface area contributed by atoms with Crippen LogP contribution in [0.15, 0.2) is 24.3 Å². The third kappa shape index (κ3) is 2.46. The molecule has 0 unspecified atom stereocenters. The Balaban J connectivity index is 2.16. The number of aryl methyl sites for hydroxylation is 1. The summed E-state index contributed by atoms with van der Waals surface area (Å²) in [5.74, 6) is -0.342. The lowest BCUT2D eigenvalue weighted by atomic mass is 10.2. The molecule has 0 aliphatic heterocycles. The minimum absolute atomic E-state index is 0.210. The highest BCUT2D eigenvalue weighted by Gasteiger charge is 2.16. The Morgan fingerprint density at radius 1 is 1.44 bits per heavy atom. The lowest BCUT2D eigenvalue weighted by molar-refractivity contribution is 0.102. The molecule has 0 aliphatic carbocycles. The van der Waals surface area contributed by atoms with Crippen LogP contribution < -0.4 is 11.1 Å². The summed E-state index contributed by atoms with van der Waals surface area (Å²) in [6.45, 7) is 1.94. The van der Waals surface area contributed by atoms with E-state index in [1.807, 2.05) is 6.92 Å². The predicted molar refractivity (Wildman–Crippen MR) is 71.8 cm³/mol. The summed E-state index contributed by atoms with van der Waals surface area (Å²) in [7, 11) is 0. The van der Waals surface area contributed by atoms with Crippen molar-refractivity contribution in [3.8, 4) is 0 Å². The van der Waals surface area contributed by atoms with Gasteiger partial charge in [0.2, 0.25) is 0 Å². The lowest BCUT2D eigenvalue weighted by Gasteiger charge is -2.03. The van der Waals surface area contributed by atoms with Gasteiger partial charge in [0, 0.05) is 10.7 Å². The first kappa shape index (κ1) is 12.4. The molecule has 5 nitrogen and oxygen atoms in total. The van der Waals surface area contributed by atoms with Gasteiger partial charge in [-0.05, 0) is 30.7 Å². The van der Waals surface area contributed by atoms with E-state index in [4.69, 9.17) is 17.3 Å². The second-order valence-corrected chi connectivity index (χ2v) is 4.22. The maximum atomic E-state index is 11.9. The number of halogens is 1. The van der Waals surface area contributed by atoms with Crippen molar-refractivity contribution in [1.82, 2.24) is 10.2 Å². The Morgan fingerprint density at radius 3 is 2.67 bits per heavy atom. The largest absolute Gasteiger partial charge is 0.395 e. The second-order valence-electron chi connectivity index (χ2n) is 3.78. The summed E-state index contributed by atoms with van der Waals surface area (Å²) in [5.41, 5.74) is 7.82. The average Bonchev–Trinajstić information content (AvgIpc) is 2.73. The highest BCUT2D eigenvalue weighted by Crippen LogP contribution is 2.18. The van der Waals surface area contributed by atoms with Crippen LogP contribution in [0, 0.1) is 0 Å². The molecule has 0 aliphatic rings. The number of anilines is 2. The van der Waals surface area contributed by atoms with Crippen molar-refractivity contribution in [3.63, 3.8) is 0 Å². The van der Waals surface area contributed by atoms with Crippen molar-refractivity contribution in [3.05, 3.63) is 40.7 Å². The van der Waals surface area contributed by atoms with Gasteiger partial charge in [-0.3, -0.25) is 9.89 Å². The van der Waals surface area contributed by atoms with Crippen LogP contribution in [0.5, 0.6) is 0 Å². The van der Waals surface area contributed by atoms with E-state index in [2.05, 4.69) is 15.5 Å².